The highest BCUT2D eigenvalue weighted by molar-refractivity contribution is 9.10. The third-order valence-electron chi connectivity index (χ3n) is 3.85. The van der Waals surface area contributed by atoms with Gasteiger partial charge in [-0.25, -0.2) is 5.43 Å². The van der Waals surface area contributed by atoms with E-state index < -0.39 is 0 Å². The van der Waals surface area contributed by atoms with Crippen molar-refractivity contribution < 1.29 is 9.53 Å². The van der Waals surface area contributed by atoms with E-state index in [1.54, 1.807) is 25.3 Å². The van der Waals surface area contributed by atoms with Gasteiger partial charge in [-0.3, -0.25) is 4.79 Å². The van der Waals surface area contributed by atoms with E-state index in [2.05, 4.69) is 33.0 Å². The summed E-state index contributed by atoms with van der Waals surface area (Å²) in [7, 11) is 1.64. The first-order valence-electron chi connectivity index (χ1n) is 8.15. The Bertz CT molecular complexity index is 1000. The fourth-order valence-electron chi connectivity index (χ4n) is 2.48. The molecule has 0 fully saturated rings. The van der Waals surface area contributed by atoms with Crippen LogP contribution in [0.4, 0.5) is 0 Å². The molecule has 1 aromatic heterocycles. The maximum atomic E-state index is 12.3. The van der Waals surface area contributed by atoms with Crippen molar-refractivity contribution in [1.82, 2.24) is 9.99 Å². The number of amides is 1. The van der Waals surface area contributed by atoms with Crippen molar-refractivity contribution in [2.24, 2.45) is 5.10 Å². The van der Waals surface area contributed by atoms with Gasteiger partial charge in [0, 0.05) is 22.0 Å². The minimum absolute atomic E-state index is 0.257. The lowest BCUT2D eigenvalue weighted by Crippen LogP contribution is -2.24. The molecule has 0 aliphatic rings. The highest BCUT2D eigenvalue weighted by Gasteiger charge is 2.09. The summed E-state index contributed by atoms with van der Waals surface area (Å²) in [4.78, 5) is 13.0. The van der Waals surface area contributed by atoms with Crippen LogP contribution in [-0.4, -0.2) is 17.6 Å². The first-order chi connectivity index (χ1) is 13.1. The number of rotatable bonds is 6. The molecule has 3 rings (SSSR count). The van der Waals surface area contributed by atoms with E-state index in [9.17, 15) is 4.79 Å². The van der Waals surface area contributed by atoms with Gasteiger partial charge in [0.2, 0.25) is 4.80 Å². The average Bonchev–Trinajstić information content (AvgIpc) is 3.09. The van der Waals surface area contributed by atoms with Crippen LogP contribution in [0, 0.1) is 0 Å². The molecular formula is C20H18BrN3O2S. The highest BCUT2D eigenvalue weighted by Crippen LogP contribution is 2.23. The molecule has 0 aliphatic heterocycles. The third-order valence-corrected chi connectivity index (χ3v) is 5.25. The molecule has 0 spiro atoms. The van der Waals surface area contributed by atoms with E-state index in [0.717, 1.165) is 21.5 Å². The summed E-state index contributed by atoms with van der Waals surface area (Å²) < 4.78 is 8.13. The first-order valence-corrected chi connectivity index (χ1v) is 9.83. The van der Waals surface area contributed by atoms with Crippen LogP contribution in [-0.2, 0) is 6.54 Å². The molecule has 0 saturated carbocycles. The van der Waals surface area contributed by atoms with Gasteiger partial charge in [-0.15, -0.1) is 23.0 Å². The minimum atomic E-state index is -0.257. The summed E-state index contributed by atoms with van der Waals surface area (Å²) >= 11 is 4.81. The number of aromatic nitrogens is 1. The van der Waals surface area contributed by atoms with E-state index in [1.807, 2.05) is 46.3 Å². The number of carbonyl (C=O) groups is 1. The molecular weight excluding hydrogens is 426 g/mol. The van der Waals surface area contributed by atoms with Crippen LogP contribution >= 0.6 is 27.3 Å². The van der Waals surface area contributed by atoms with E-state index >= 15 is 0 Å². The molecule has 138 valence electrons. The number of benzene rings is 2. The summed E-state index contributed by atoms with van der Waals surface area (Å²) in [6.07, 6.45) is 1.80. The molecule has 0 saturated heterocycles. The van der Waals surface area contributed by atoms with Gasteiger partial charge >= 0.3 is 0 Å². The normalized spacial score (nSPS) is 11.3. The van der Waals surface area contributed by atoms with Gasteiger partial charge in [-0.2, -0.15) is 0 Å². The lowest BCUT2D eigenvalue weighted by Gasteiger charge is -2.07. The number of ether oxygens (including phenoxy) is 1. The number of nitrogens with one attached hydrogen (secondary N) is 1. The number of carbonyl (C=O) groups excluding carboxylic acids is 1. The van der Waals surface area contributed by atoms with Crippen LogP contribution in [0.2, 0.25) is 0 Å². The number of allylic oxidation sites excluding steroid dienone is 1. The summed E-state index contributed by atoms with van der Waals surface area (Å²) in [5, 5.41) is 6.31. The summed E-state index contributed by atoms with van der Waals surface area (Å²) in [6, 6.07) is 14.9. The number of hydrogen-bond donors (Lipinski definition) is 1. The fraction of sp³-hybridized carbons (Fsp3) is 0.100. The number of methoxy groups -OCH3 is 1. The van der Waals surface area contributed by atoms with Gasteiger partial charge in [0.25, 0.3) is 5.91 Å². The van der Waals surface area contributed by atoms with Crippen LogP contribution in [0.15, 0.2) is 76.1 Å². The van der Waals surface area contributed by atoms with E-state index in [1.165, 1.54) is 11.3 Å². The van der Waals surface area contributed by atoms with Gasteiger partial charge in [0.15, 0.2) is 0 Å². The maximum absolute atomic E-state index is 12.3. The summed E-state index contributed by atoms with van der Waals surface area (Å²) in [5.41, 5.74) is 5.20. The Hall–Kier alpha value is -2.64. The maximum Gasteiger partial charge on any atom is 0.271 e. The topological polar surface area (TPSA) is 55.6 Å². The predicted octanol–water partition coefficient (Wildman–Crippen LogP) is 4.42. The van der Waals surface area contributed by atoms with Crippen LogP contribution in [0.1, 0.15) is 10.4 Å². The molecule has 2 aromatic carbocycles. The number of halogens is 1. The van der Waals surface area contributed by atoms with Crippen LogP contribution in [0.25, 0.3) is 11.3 Å². The number of nitrogens with zero attached hydrogens (tertiary/aromatic N) is 2. The molecule has 0 radical (unpaired) electrons. The standard InChI is InChI=1S/C20H18BrN3O2S/c1-3-12-24-18(14-6-10-17(26-2)11-7-14)13-27-20(24)23-22-19(25)15-4-8-16(21)9-5-15/h3-11,13H,1,12H2,2H3,(H,22,25). The SMILES string of the molecule is C=CCn1c(-c2ccc(OC)cc2)csc1=NNC(=O)c1ccc(Br)cc1. The number of thiazole rings is 1. The van der Waals surface area contributed by atoms with E-state index in [-0.39, 0.29) is 5.91 Å². The molecule has 5 nitrogen and oxygen atoms in total. The molecule has 27 heavy (non-hydrogen) atoms. The smallest absolute Gasteiger partial charge is 0.271 e. The Morgan fingerprint density at radius 2 is 1.96 bits per heavy atom. The first kappa shape index (κ1) is 19.1. The molecule has 1 heterocycles. The van der Waals surface area contributed by atoms with Crippen molar-refractivity contribution in [3.63, 3.8) is 0 Å². The van der Waals surface area contributed by atoms with Crippen molar-refractivity contribution in [3.05, 3.63) is 81.4 Å². The number of hydrogen-bond acceptors (Lipinski definition) is 4. The van der Waals surface area contributed by atoms with Gasteiger partial charge in [-0.05, 0) is 54.1 Å². The van der Waals surface area contributed by atoms with E-state index in [4.69, 9.17) is 4.74 Å². The third kappa shape index (κ3) is 4.56. The second-order valence-corrected chi connectivity index (χ2v) is 7.34. The summed E-state index contributed by atoms with van der Waals surface area (Å²) in [5.74, 6) is 0.544. The van der Waals surface area contributed by atoms with Gasteiger partial charge in [-0.1, -0.05) is 22.0 Å². The monoisotopic (exact) mass is 443 g/mol. The predicted molar refractivity (Wildman–Crippen MR) is 112 cm³/mol. The zero-order valence-electron chi connectivity index (χ0n) is 14.7. The van der Waals surface area contributed by atoms with Gasteiger partial charge < -0.3 is 9.30 Å². The van der Waals surface area contributed by atoms with E-state index in [0.29, 0.717) is 16.9 Å². The average molecular weight is 444 g/mol. The molecule has 1 amide bonds. The molecule has 7 heteroatoms. The zero-order chi connectivity index (χ0) is 19.2. The molecule has 0 aliphatic carbocycles. The Kier molecular flexibility index (Phi) is 6.26. The molecule has 0 bridgehead atoms. The van der Waals surface area contributed by atoms with Crippen LogP contribution < -0.4 is 15.0 Å². The van der Waals surface area contributed by atoms with Crippen molar-refractivity contribution >= 4 is 33.2 Å². The lowest BCUT2D eigenvalue weighted by atomic mass is 10.1. The Labute approximate surface area is 169 Å². The minimum Gasteiger partial charge on any atom is -0.497 e. The Balaban J connectivity index is 1.89. The highest BCUT2D eigenvalue weighted by atomic mass is 79.9. The Morgan fingerprint density at radius 1 is 1.26 bits per heavy atom. The largest absolute Gasteiger partial charge is 0.497 e. The van der Waals surface area contributed by atoms with Gasteiger partial charge in [0.1, 0.15) is 5.75 Å². The Morgan fingerprint density at radius 3 is 2.59 bits per heavy atom. The molecule has 0 atom stereocenters. The molecule has 3 aromatic rings. The zero-order valence-corrected chi connectivity index (χ0v) is 17.1. The van der Waals surface area contributed by atoms with Crippen molar-refractivity contribution in [2.75, 3.05) is 7.11 Å². The molecule has 1 N–H and O–H groups in total. The van der Waals surface area contributed by atoms with Crippen LogP contribution in [0.3, 0.4) is 0 Å². The second-order valence-electron chi connectivity index (χ2n) is 5.59. The van der Waals surface area contributed by atoms with Crippen molar-refractivity contribution in [1.29, 1.82) is 0 Å². The fourth-order valence-corrected chi connectivity index (χ4v) is 3.62. The van der Waals surface area contributed by atoms with Gasteiger partial charge in [0.05, 0.1) is 12.8 Å². The quantitative estimate of drug-likeness (QED) is 0.452. The van der Waals surface area contributed by atoms with Crippen LogP contribution in [0.5, 0.6) is 5.75 Å². The van der Waals surface area contributed by atoms with Crippen molar-refractivity contribution in [3.8, 4) is 17.0 Å². The lowest BCUT2D eigenvalue weighted by molar-refractivity contribution is 0.0953. The molecule has 0 unspecified atom stereocenters. The summed E-state index contributed by atoms with van der Waals surface area (Å²) in [6.45, 7) is 4.40. The second kappa shape index (κ2) is 8.83. The van der Waals surface area contributed by atoms with Crippen molar-refractivity contribution in [2.45, 2.75) is 6.54 Å².